The summed E-state index contributed by atoms with van der Waals surface area (Å²) in [7, 11) is -1.98. The summed E-state index contributed by atoms with van der Waals surface area (Å²) in [5.74, 6) is 0. The molecule has 0 radical (unpaired) electrons. The second-order valence-corrected chi connectivity index (χ2v) is 19.4. The normalized spacial score (nSPS) is 13.6. The first-order chi connectivity index (χ1) is 22.6. The minimum Gasteiger partial charge on any atom is -0.310 e. The first kappa shape index (κ1) is 26.5. The number of thiophene rings is 2. The Morgan fingerprint density at radius 3 is 2.11 bits per heavy atom. The molecule has 10 rings (SSSR count). The monoisotopic (exact) mass is 639 g/mol. The standard InChI is InChI=1S/C42H29NS2Si/c1-46(2)37-24-23-36-40(31-15-7-9-18-35(31)44-36)41(37)32-22-20-28(25-38(32)46)43(27-12-4-3-5-13-27)33-16-10-11-26-19-21-30-29-14-6-8-17-34(29)45-42(30)39(26)33/h3-25H,1-2H3. The second kappa shape index (κ2) is 9.63. The Bertz CT molecular complexity index is 2680. The topological polar surface area (TPSA) is 3.24 Å². The molecule has 1 aliphatic heterocycles. The molecule has 0 unspecified atom stereocenters. The second-order valence-electron chi connectivity index (χ2n) is 12.9. The Hall–Kier alpha value is -4.74. The summed E-state index contributed by atoms with van der Waals surface area (Å²) in [5, 5.41) is 11.2. The van der Waals surface area contributed by atoms with E-state index in [0.717, 1.165) is 0 Å². The van der Waals surface area contributed by atoms with E-state index in [9.17, 15) is 0 Å². The Balaban J connectivity index is 1.25. The van der Waals surface area contributed by atoms with E-state index in [-0.39, 0.29) is 0 Å². The average molecular weight is 640 g/mol. The van der Waals surface area contributed by atoms with E-state index in [0.29, 0.717) is 0 Å². The van der Waals surface area contributed by atoms with Crippen LogP contribution >= 0.6 is 22.7 Å². The lowest BCUT2D eigenvalue weighted by atomic mass is 9.99. The maximum Gasteiger partial charge on any atom is 0.113 e. The zero-order chi connectivity index (χ0) is 30.6. The molecule has 46 heavy (non-hydrogen) atoms. The minimum absolute atomic E-state index is 1.18. The highest BCUT2D eigenvalue weighted by molar-refractivity contribution is 7.27. The van der Waals surface area contributed by atoms with Crippen molar-refractivity contribution in [2.45, 2.75) is 13.1 Å². The van der Waals surface area contributed by atoms with E-state index < -0.39 is 8.07 Å². The van der Waals surface area contributed by atoms with Gasteiger partial charge in [-0.15, -0.1) is 22.7 Å². The Morgan fingerprint density at radius 1 is 0.500 bits per heavy atom. The number of nitrogens with zero attached hydrogens (tertiary/aromatic N) is 1. The zero-order valence-corrected chi connectivity index (χ0v) is 28.2. The van der Waals surface area contributed by atoms with Crippen LogP contribution in [0.4, 0.5) is 17.1 Å². The lowest BCUT2D eigenvalue weighted by Gasteiger charge is -2.28. The number of hydrogen-bond donors (Lipinski definition) is 0. The highest BCUT2D eigenvalue weighted by atomic mass is 32.1. The summed E-state index contributed by atoms with van der Waals surface area (Å²) in [4.78, 5) is 2.50. The van der Waals surface area contributed by atoms with Gasteiger partial charge in [-0.05, 0) is 75.4 Å². The molecule has 2 aromatic heterocycles. The van der Waals surface area contributed by atoms with Gasteiger partial charge in [0.2, 0.25) is 0 Å². The Kier molecular flexibility index (Phi) is 5.54. The van der Waals surface area contributed by atoms with Crippen LogP contribution < -0.4 is 15.3 Å². The molecule has 218 valence electrons. The van der Waals surface area contributed by atoms with Crippen LogP contribution in [0.15, 0.2) is 140 Å². The van der Waals surface area contributed by atoms with Crippen molar-refractivity contribution in [3.63, 3.8) is 0 Å². The van der Waals surface area contributed by atoms with Gasteiger partial charge in [0.05, 0.1) is 5.69 Å². The van der Waals surface area contributed by atoms with Crippen molar-refractivity contribution in [1.82, 2.24) is 0 Å². The average Bonchev–Trinajstić information content (AvgIpc) is 3.73. The van der Waals surface area contributed by atoms with Gasteiger partial charge in [0.25, 0.3) is 0 Å². The van der Waals surface area contributed by atoms with E-state index in [1.807, 2.05) is 22.7 Å². The van der Waals surface area contributed by atoms with Crippen molar-refractivity contribution in [2.24, 2.45) is 0 Å². The van der Waals surface area contributed by atoms with Crippen LogP contribution in [0.1, 0.15) is 0 Å². The van der Waals surface area contributed by atoms with E-state index in [1.165, 1.54) is 84.5 Å². The fourth-order valence-corrected chi connectivity index (χ4v) is 13.3. The van der Waals surface area contributed by atoms with Gasteiger partial charge in [0.15, 0.2) is 0 Å². The highest BCUT2D eigenvalue weighted by Gasteiger charge is 2.39. The SMILES string of the molecule is C[Si]1(C)c2cc(N(c3ccccc3)c3cccc4ccc5c6ccccc6sc5c34)ccc2-c2c1ccc1sc3ccccc3c21. The predicted octanol–water partition coefficient (Wildman–Crippen LogP) is 11.8. The third kappa shape index (κ3) is 3.60. The first-order valence-electron chi connectivity index (χ1n) is 15.9. The molecule has 4 heteroatoms. The molecule has 0 atom stereocenters. The number of para-hydroxylation sites is 1. The van der Waals surface area contributed by atoms with E-state index in [4.69, 9.17) is 0 Å². The van der Waals surface area contributed by atoms with Crippen molar-refractivity contribution in [3.05, 3.63) is 140 Å². The zero-order valence-electron chi connectivity index (χ0n) is 25.5. The number of rotatable bonds is 3. The van der Waals surface area contributed by atoms with E-state index in [2.05, 4.69) is 158 Å². The van der Waals surface area contributed by atoms with Crippen molar-refractivity contribution < 1.29 is 0 Å². The van der Waals surface area contributed by atoms with Crippen molar-refractivity contribution in [1.29, 1.82) is 0 Å². The lowest BCUT2D eigenvalue weighted by Crippen LogP contribution is -2.49. The fourth-order valence-electron chi connectivity index (χ4n) is 7.89. The summed E-state index contributed by atoms with van der Waals surface area (Å²) < 4.78 is 5.44. The van der Waals surface area contributed by atoms with E-state index >= 15 is 0 Å². The summed E-state index contributed by atoms with van der Waals surface area (Å²) in [6, 6.07) is 52.2. The molecular formula is C42H29NS2Si. The highest BCUT2D eigenvalue weighted by Crippen LogP contribution is 2.47. The molecule has 7 aromatic carbocycles. The quantitative estimate of drug-likeness (QED) is 0.174. The summed E-state index contributed by atoms with van der Waals surface area (Å²) in [6.07, 6.45) is 0. The van der Waals surface area contributed by atoms with Gasteiger partial charge in [-0.2, -0.15) is 0 Å². The summed E-state index contributed by atoms with van der Waals surface area (Å²) in [5.41, 5.74) is 6.51. The van der Waals surface area contributed by atoms with Gasteiger partial charge in [-0.25, -0.2) is 0 Å². The number of fused-ring (bicyclic) bond motifs is 12. The Labute approximate surface area is 276 Å². The van der Waals surface area contributed by atoms with Crippen molar-refractivity contribution in [2.75, 3.05) is 4.90 Å². The van der Waals surface area contributed by atoms with Crippen LogP contribution in [0.25, 0.3) is 62.2 Å². The van der Waals surface area contributed by atoms with Crippen LogP contribution in [0.5, 0.6) is 0 Å². The molecule has 9 aromatic rings. The third-order valence-electron chi connectivity index (χ3n) is 10.0. The molecule has 0 fully saturated rings. The molecule has 0 aliphatic carbocycles. The molecule has 3 heterocycles. The summed E-state index contributed by atoms with van der Waals surface area (Å²) >= 11 is 3.83. The van der Waals surface area contributed by atoms with Crippen LogP contribution in [-0.4, -0.2) is 8.07 Å². The lowest BCUT2D eigenvalue weighted by molar-refractivity contribution is 1.30. The van der Waals surface area contributed by atoms with Crippen LogP contribution in [-0.2, 0) is 0 Å². The number of hydrogen-bond acceptors (Lipinski definition) is 3. The van der Waals surface area contributed by atoms with Crippen LogP contribution in [0.3, 0.4) is 0 Å². The van der Waals surface area contributed by atoms with E-state index in [1.54, 1.807) is 5.19 Å². The minimum atomic E-state index is -1.98. The van der Waals surface area contributed by atoms with Gasteiger partial charge in [-0.1, -0.05) is 104 Å². The van der Waals surface area contributed by atoms with Crippen molar-refractivity contribution >= 4 is 109 Å². The number of benzene rings is 7. The molecule has 1 nitrogen and oxygen atoms in total. The molecule has 0 saturated carbocycles. The molecule has 0 bridgehead atoms. The first-order valence-corrected chi connectivity index (χ1v) is 20.5. The summed E-state index contributed by atoms with van der Waals surface area (Å²) in [6.45, 7) is 5.07. The predicted molar refractivity (Wildman–Crippen MR) is 207 cm³/mol. The van der Waals surface area contributed by atoms with Gasteiger partial charge in [-0.3, -0.25) is 0 Å². The fraction of sp³-hybridized carbons (Fsp3) is 0.0476. The number of anilines is 3. The maximum atomic E-state index is 2.54. The molecule has 1 aliphatic rings. The maximum absolute atomic E-state index is 2.54. The van der Waals surface area contributed by atoms with Crippen LogP contribution in [0.2, 0.25) is 13.1 Å². The van der Waals surface area contributed by atoms with Gasteiger partial charge >= 0.3 is 0 Å². The van der Waals surface area contributed by atoms with Gasteiger partial charge in [0, 0.05) is 57.1 Å². The van der Waals surface area contributed by atoms with Gasteiger partial charge < -0.3 is 4.90 Å². The Morgan fingerprint density at radius 2 is 1.26 bits per heavy atom. The largest absolute Gasteiger partial charge is 0.310 e. The third-order valence-corrected chi connectivity index (χ3v) is 15.9. The molecule has 0 N–H and O–H groups in total. The molecule has 0 amide bonds. The molecule has 0 saturated heterocycles. The van der Waals surface area contributed by atoms with Crippen molar-refractivity contribution in [3.8, 4) is 11.1 Å². The molecular weight excluding hydrogens is 611 g/mol. The van der Waals surface area contributed by atoms with Gasteiger partial charge in [0.1, 0.15) is 8.07 Å². The smallest absolute Gasteiger partial charge is 0.113 e. The molecule has 0 spiro atoms. The van der Waals surface area contributed by atoms with Crippen LogP contribution in [0, 0.1) is 0 Å².